The Morgan fingerprint density at radius 1 is 1.00 bits per heavy atom. The summed E-state index contributed by atoms with van der Waals surface area (Å²) in [6.07, 6.45) is 0. The van der Waals surface area contributed by atoms with Crippen LogP contribution < -0.4 is 4.74 Å². The van der Waals surface area contributed by atoms with Crippen molar-refractivity contribution in [1.29, 1.82) is 0 Å². The van der Waals surface area contributed by atoms with Gasteiger partial charge in [-0.3, -0.25) is 4.55 Å². The molecular formula is C17H14BaN2O5S. The van der Waals surface area contributed by atoms with E-state index in [1.807, 2.05) is 12.1 Å². The Hall–Kier alpha value is -1.40. The van der Waals surface area contributed by atoms with Crippen molar-refractivity contribution in [2.24, 2.45) is 10.2 Å². The fourth-order valence-electron chi connectivity index (χ4n) is 2.36. The number of azo groups is 1. The van der Waals surface area contributed by atoms with Crippen LogP contribution in [0.15, 0.2) is 69.7 Å². The zero-order valence-corrected chi connectivity index (χ0v) is 19.1. The zero-order chi connectivity index (χ0) is 18.0. The standard InChI is InChI=1S/C17H14N2O5S.Ba/c1-24-12-7-8-14(16(10-12)25(21,22)23)18-19-17-13-5-3-2-4-11(13)6-9-15(17)20;/h2-10,20H,1H3,(H,21,22,23);. The number of aromatic hydroxyl groups is 1. The van der Waals surface area contributed by atoms with E-state index in [9.17, 15) is 18.1 Å². The van der Waals surface area contributed by atoms with Crippen LogP contribution in [-0.2, 0) is 10.1 Å². The van der Waals surface area contributed by atoms with E-state index in [0.29, 0.717) is 5.39 Å². The van der Waals surface area contributed by atoms with Crippen molar-refractivity contribution in [2.45, 2.75) is 4.90 Å². The van der Waals surface area contributed by atoms with Crippen LogP contribution in [0.1, 0.15) is 0 Å². The van der Waals surface area contributed by atoms with Crippen LogP contribution in [-0.4, -0.2) is 74.1 Å². The molecule has 2 N–H and O–H groups in total. The maximum atomic E-state index is 11.6. The Balaban J connectivity index is 0.00000243. The largest absolute Gasteiger partial charge is 0.506 e. The Labute approximate surface area is 190 Å². The van der Waals surface area contributed by atoms with E-state index in [1.54, 1.807) is 18.2 Å². The molecule has 0 atom stereocenters. The molecule has 130 valence electrons. The molecule has 2 radical (unpaired) electrons. The molecule has 0 aliphatic rings. The number of fused-ring (bicyclic) bond motifs is 1. The molecule has 0 saturated heterocycles. The molecule has 3 aromatic rings. The second-order valence-corrected chi connectivity index (χ2v) is 6.55. The summed E-state index contributed by atoms with van der Waals surface area (Å²) in [5.74, 6) is 0.156. The van der Waals surface area contributed by atoms with Crippen LogP contribution in [0, 0.1) is 0 Å². The van der Waals surface area contributed by atoms with Gasteiger partial charge in [-0.1, -0.05) is 30.3 Å². The molecule has 7 nitrogen and oxygen atoms in total. The van der Waals surface area contributed by atoms with Crippen molar-refractivity contribution < 1.29 is 22.8 Å². The van der Waals surface area contributed by atoms with Gasteiger partial charge >= 0.3 is 0 Å². The van der Waals surface area contributed by atoms with Crippen molar-refractivity contribution in [3.8, 4) is 11.5 Å². The Bertz CT molecular complexity index is 1080. The summed E-state index contributed by atoms with van der Waals surface area (Å²) in [7, 11) is -3.15. The van der Waals surface area contributed by atoms with Gasteiger partial charge in [0.2, 0.25) is 0 Å². The van der Waals surface area contributed by atoms with Gasteiger partial charge in [0.15, 0.2) is 0 Å². The fourth-order valence-corrected chi connectivity index (χ4v) is 3.00. The first-order chi connectivity index (χ1) is 11.9. The maximum Gasteiger partial charge on any atom is 0.296 e. The summed E-state index contributed by atoms with van der Waals surface area (Å²) in [5, 5.41) is 19.5. The number of hydrogen-bond donors (Lipinski definition) is 2. The molecular weight excluding hydrogens is 482 g/mol. The van der Waals surface area contributed by atoms with Gasteiger partial charge in [0.05, 0.1) is 7.11 Å². The average molecular weight is 496 g/mol. The van der Waals surface area contributed by atoms with Crippen molar-refractivity contribution in [3.63, 3.8) is 0 Å². The van der Waals surface area contributed by atoms with Gasteiger partial charge in [-0.25, -0.2) is 0 Å². The monoisotopic (exact) mass is 496 g/mol. The number of phenolic OH excluding ortho intramolecular Hbond substituents is 1. The topological polar surface area (TPSA) is 109 Å². The molecule has 0 bridgehead atoms. The van der Waals surface area contributed by atoms with Crippen LogP contribution in [0.4, 0.5) is 11.4 Å². The first-order valence-corrected chi connectivity index (χ1v) is 8.62. The molecule has 0 saturated carbocycles. The van der Waals surface area contributed by atoms with E-state index >= 15 is 0 Å². The van der Waals surface area contributed by atoms with E-state index in [0.717, 1.165) is 11.5 Å². The van der Waals surface area contributed by atoms with E-state index in [-0.39, 0.29) is 71.8 Å². The maximum absolute atomic E-state index is 11.6. The SMILES string of the molecule is COc1ccc(N=Nc2c(O)ccc3ccccc23)c(S(=O)(=O)O)c1.[Ba]. The third-order valence-electron chi connectivity index (χ3n) is 3.58. The summed E-state index contributed by atoms with van der Waals surface area (Å²) >= 11 is 0. The predicted octanol–water partition coefficient (Wildman–Crippen LogP) is 3.84. The van der Waals surface area contributed by atoms with Crippen LogP contribution in [0.2, 0.25) is 0 Å². The van der Waals surface area contributed by atoms with E-state index in [1.165, 1.54) is 25.3 Å². The first-order valence-electron chi connectivity index (χ1n) is 7.18. The molecule has 0 fully saturated rings. The summed E-state index contributed by atoms with van der Waals surface area (Å²) in [6.45, 7) is 0. The van der Waals surface area contributed by atoms with E-state index in [2.05, 4.69) is 10.2 Å². The molecule has 0 aliphatic heterocycles. The van der Waals surface area contributed by atoms with Gasteiger partial charge in [0.1, 0.15) is 27.8 Å². The quantitative estimate of drug-likeness (QED) is 0.325. The summed E-state index contributed by atoms with van der Waals surface area (Å²) in [4.78, 5) is -0.435. The summed E-state index contributed by atoms with van der Waals surface area (Å²) < 4.78 is 37.5. The average Bonchev–Trinajstić information content (AvgIpc) is 2.60. The molecule has 3 rings (SSSR count). The van der Waals surface area contributed by atoms with Gasteiger partial charge in [-0.15, -0.1) is 10.2 Å². The normalized spacial score (nSPS) is 11.5. The molecule has 3 aromatic carbocycles. The van der Waals surface area contributed by atoms with Crippen LogP contribution in [0.3, 0.4) is 0 Å². The van der Waals surface area contributed by atoms with Crippen LogP contribution in [0.5, 0.6) is 11.5 Å². The van der Waals surface area contributed by atoms with E-state index < -0.39 is 15.0 Å². The summed E-state index contributed by atoms with van der Waals surface area (Å²) in [5.41, 5.74) is 0.130. The Kier molecular flexibility index (Phi) is 6.86. The smallest absolute Gasteiger partial charge is 0.296 e. The van der Waals surface area contributed by atoms with Gasteiger partial charge in [0.25, 0.3) is 10.1 Å². The number of benzene rings is 3. The molecule has 0 spiro atoms. The van der Waals surface area contributed by atoms with Crippen LogP contribution >= 0.6 is 0 Å². The Morgan fingerprint density at radius 3 is 2.42 bits per heavy atom. The van der Waals surface area contributed by atoms with Gasteiger partial charge in [-0.05, 0) is 23.6 Å². The van der Waals surface area contributed by atoms with Gasteiger partial charge in [-0.2, -0.15) is 8.42 Å². The number of hydrogen-bond acceptors (Lipinski definition) is 6. The molecule has 0 aliphatic carbocycles. The summed E-state index contributed by atoms with van der Waals surface area (Å²) in [6, 6.07) is 14.5. The van der Waals surface area contributed by atoms with E-state index in [4.69, 9.17) is 4.74 Å². The predicted molar refractivity (Wildman–Crippen MR) is 98.4 cm³/mol. The number of nitrogens with zero attached hydrogens (tertiary/aromatic N) is 2. The molecule has 9 heteroatoms. The first kappa shape index (κ1) is 20.9. The molecule has 0 amide bonds. The molecule has 26 heavy (non-hydrogen) atoms. The third kappa shape index (κ3) is 4.46. The van der Waals surface area contributed by atoms with Gasteiger partial charge < -0.3 is 9.84 Å². The molecule has 0 heterocycles. The number of methoxy groups -OCH3 is 1. The zero-order valence-electron chi connectivity index (χ0n) is 13.8. The van der Waals surface area contributed by atoms with Crippen molar-refractivity contribution in [3.05, 3.63) is 54.6 Å². The van der Waals surface area contributed by atoms with Gasteiger partial charge in [0, 0.05) is 60.3 Å². The third-order valence-corrected chi connectivity index (χ3v) is 4.46. The van der Waals surface area contributed by atoms with Crippen molar-refractivity contribution >= 4 is 81.1 Å². The van der Waals surface area contributed by atoms with Crippen LogP contribution in [0.25, 0.3) is 10.8 Å². The minimum absolute atomic E-state index is 0. The van der Waals surface area contributed by atoms with Crippen molar-refractivity contribution in [2.75, 3.05) is 7.11 Å². The fraction of sp³-hybridized carbons (Fsp3) is 0.0588. The number of rotatable bonds is 4. The number of ether oxygens (including phenoxy) is 1. The number of phenols is 1. The molecule has 0 aromatic heterocycles. The Morgan fingerprint density at radius 2 is 1.73 bits per heavy atom. The minimum atomic E-state index is -4.52. The minimum Gasteiger partial charge on any atom is -0.506 e. The second-order valence-electron chi connectivity index (χ2n) is 5.16. The molecule has 0 unspecified atom stereocenters. The second kappa shape index (κ2) is 8.53. The van der Waals surface area contributed by atoms with Crippen molar-refractivity contribution in [1.82, 2.24) is 0 Å².